The van der Waals surface area contributed by atoms with Crippen molar-refractivity contribution >= 4 is 17.7 Å². The number of nitrogens with zero attached hydrogens (tertiary/aromatic N) is 5. The van der Waals surface area contributed by atoms with Crippen LogP contribution in [-0.2, 0) is 12.3 Å². The van der Waals surface area contributed by atoms with E-state index in [2.05, 4.69) is 25.5 Å². The lowest BCUT2D eigenvalue weighted by Gasteiger charge is -2.08. The van der Waals surface area contributed by atoms with Crippen LogP contribution >= 0.6 is 11.8 Å². The molecule has 1 aromatic carbocycles. The number of hydrogen-bond acceptors (Lipinski definition) is 7. The molecule has 0 bridgehead atoms. The van der Waals surface area contributed by atoms with Crippen LogP contribution in [0.3, 0.4) is 0 Å². The Balaban J connectivity index is 1.39. The molecule has 0 aliphatic heterocycles. The summed E-state index contributed by atoms with van der Waals surface area (Å²) in [6.45, 7) is 4.36. The van der Waals surface area contributed by atoms with Crippen LogP contribution in [0.1, 0.15) is 33.3 Å². The molecule has 0 radical (unpaired) electrons. The topological polar surface area (TPSA) is 98.7 Å². The van der Waals surface area contributed by atoms with Crippen molar-refractivity contribution in [2.75, 3.05) is 0 Å². The first kappa shape index (κ1) is 19.8. The van der Waals surface area contributed by atoms with Crippen molar-refractivity contribution in [2.24, 2.45) is 0 Å². The zero-order valence-electron chi connectivity index (χ0n) is 16.6. The van der Waals surface area contributed by atoms with E-state index in [9.17, 15) is 4.79 Å². The van der Waals surface area contributed by atoms with Gasteiger partial charge in [-0.3, -0.25) is 14.3 Å². The number of aromatic nitrogens is 5. The molecule has 1 N–H and O–H groups in total. The average Bonchev–Trinajstić information content (AvgIpc) is 3.39. The standard InChI is InChI=1S/C21H20N6O2S/c1-14-3-5-17(6-4-14)27-15(2)25-26-21(27)30-13-19-24-18(12-29-19)20(28)23-11-16-7-9-22-10-8-16/h3-10,12H,11,13H2,1-2H3,(H,23,28). The molecule has 8 nitrogen and oxygen atoms in total. The Morgan fingerprint density at radius 3 is 2.63 bits per heavy atom. The Hall–Kier alpha value is -3.46. The van der Waals surface area contributed by atoms with Gasteiger partial charge in [-0.05, 0) is 43.7 Å². The van der Waals surface area contributed by atoms with E-state index in [-0.39, 0.29) is 11.6 Å². The van der Waals surface area contributed by atoms with Crippen LogP contribution in [0.25, 0.3) is 5.69 Å². The number of rotatable bonds is 7. The maximum Gasteiger partial charge on any atom is 0.273 e. The van der Waals surface area contributed by atoms with Gasteiger partial charge in [-0.2, -0.15) is 0 Å². The predicted molar refractivity (Wildman–Crippen MR) is 112 cm³/mol. The summed E-state index contributed by atoms with van der Waals surface area (Å²) in [4.78, 5) is 20.5. The second kappa shape index (κ2) is 8.91. The van der Waals surface area contributed by atoms with Crippen LogP contribution < -0.4 is 5.32 Å². The van der Waals surface area contributed by atoms with Gasteiger partial charge in [-0.1, -0.05) is 29.5 Å². The maximum absolute atomic E-state index is 12.3. The third-order valence-corrected chi connectivity index (χ3v) is 5.31. The van der Waals surface area contributed by atoms with Crippen molar-refractivity contribution in [3.8, 4) is 5.69 Å². The highest BCUT2D eigenvalue weighted by Gasteiger charge is 2.15. The van der Waals surface area contributed by atoms with Crippen LogP contribution in [0.15, 0.2) is 64.6 Å². The number of hydrogen-bond donors (Lipinski definition) is 1. The van der Waals surface area contributed by atoms with E-state index in [0.29, 0.717) is 18.2 Å². The normalized spacial score (nSPS) is 10.9. The first-order chi connectivity index (χ1) is 14.6. The molecule has 0 saturated carbocycles. The largest absolute Gasteiger partial charge is 0.447 e. The van der Waals surface area contributed by atoms with Crippen LogP contribution in [0.2, 0.25) is 0 Å². The van der Waals surface area contributed by atoms with Gasteiger partial charge in [0.2, 0.25) is 5.89 Å². The third-order valence-electron chi connectivity index (χ3n) is 4.40. The predicted octanol–water partition coefficient (Wildman–Crippen LogP) is 3.49. The fourth-order valence-corrected chi connectivity index (χ4v) is 3.66. The molecule has 4 rings (SSSR count). The zero-order chi connectivity index (χ0) is 20.9. The fraction of sp³-hybridized carbons (Fsp3) is 0.190. The maximum atomic E-state index is 12.3. The number of thioether (sulfide) groups is 1. The molecule has 1 amide bonds. The van der Waals surface area contributed by atoms with Crippen molar-refractivity contribution < 1.29 is 9.21 Å². The molecule has 0 aliphatic carbocycles. The molecular formula is C21H20N6O2S. The van der Waals surface area contributed by atoms with E-state index in [1.807, 2.05) is 54.8 Å². The summed E-state index contributed by atoms with van der Waals surface area (Å²) in [6, 6.07) is 11.9. The molecular weight excluding hydrogens is 400 g/mol. The second-order valence-corrected chi connectivity index (χ2v) is 7.60. The Morgan fingerprint density at radius 2 is 1.87 bits per heavy atom. The second-order valence-electron chi connectivity index (χ2n) is 6.65. The van der Waals surface area contributed by atoms with E-state index in [1.54, 1.807) is 12.4 Å². The van der Waals surface area contributed by atoms with E-state index in [4.69, 9.17) is 4.42 Å². The summed E-state index contributed by atoms with van der Waals surface area (Å²) in [5, 5.41) is 12.0. The zero-order valence-corrected chi connectivity index (χ0v) is 17.4. The van der Waals surface area contributed by atoms with Gasteiger partial charge in [-0.15, -0.1) is 10.2 Å². The highest BCUT2D eigenvalue weighted by molar-refractivity contribution is 7.98. The minimum absolute atomic E-state index is 0.246. The van der Waals surface area contributed by atoms with Gasteiger partial charge < -0.3 is 9.73 Å². The van der Waals surface area contributed by atoms with Gasteiger partial charge in [0.05, 0.1) is 5.75 Å². The van der Waals surface area contributed by atoms with E-state index in [1.165, 1.54) is 23.6 Å². The molecule has 0 spiro atoms. The highest BCUT2D eigenvalue weighted by atomic mass is 32.2. The lowest BCUT2D eigenvalue weighted by molar-refractivity contribution is 0.0946. The van der Waals surface area contributed by atoms with Crippen molar-refractivity contribution in [2.45, 2.75) is 31.3 Å². The quantitative estimate of drug-likeness (QED) is 0.457. The first-order valence-electron chi connectivity index (χ1n) is 9.33. The van der Waals surface area contributed by atoms with Gasteiger partial charge in [0, 0.05) is 24.6 Å². The number of carbonyl (C=O) groups excluding carboxylic acids is 1. The minimum Gasteiger partial charge on any atom is -0.447 e. The Morgan fingerprint density at radius 1 is 1.10 bits per heavy atom. The molecule has 0 fully saturated rings. The monoisotopic (exact) mass is 420 g/mol. The van der Waals surface area contributed by atoms with Crippen LogP contribution in [0, 0.1) is 13.8 Å². The lowest BCUT2D eigenvalue weighted by atomic mass is 10.2. The van der Waals surface area contributed by atoms with Gasteiger partial charge in [0.1, 0.15) is 12.1 Å². The van der Waals surface area contributed by atoms with Crippen molar-refractivity contribution in [1.29, 1.82) is 0 Å². The summed E-state index contributed by atoms with van der Waals surface area (Å²) in [7, 11) is 0. The van der Waals surface area contributed by atoms with Crippen molar-refractivity contribution in [1.82, 2.24) is 30.0 Å². The Labute approximate surface area is 177 Å². The third kappa shape index (κ3) is 4.57. The smallest absolute Gasteiger partial charge is 0.273 e. The van der Waals surface area contributed by atoms with Crippen LogP contribution in [0.4, 0.5) is 0 Å². The van der Waals surface area contributed by atoms with Crippen LogP contribution in [-0.4, -0.2) is 30.6 Å². The van der Waals surface area contributed by atoms with E-state index in [0.717, 1.165) is 22.2 Å². The molecule has 0 atom stereocenters. The molecule has 4 aromatic rings. The molecule has 152 valence electrons. The fourth-order valence-electron chi connectivity index (χ4n) is 2.81. The number of amides is 1. The Kier molecular flexibility index (Phi) is 5.89. The number of carbonyl (C=O) groups is 1. The number of benzene rings is 1. The summed E-state index contributed by atoms with van der Waals surface area (Å²) < 4.78 is 7.45. The first-order valence-corrected chi connectivity index (χ1v) is 10.3. The van der Waals surface area contributed by atoms with E-state index >= 15 is 0 Å². The molecule has 0 unspecified atom stereocenters. The number of aryl methyl sites for hydroxylation is 2. The summed E-state index contributed by atoms with van der Waals surface area (Å²) in [5.41, 5.74) is 3.39. The molecule has 3 heterocycles. The van der Waals surface area contributed by atoms with Gasteiger partial charge >= 0.3 is 0 Å². The lowest BCUT2D eigenvalue weighted by Crippen LogP contribution is -2.23. The number of nitrogens with one attached hydrogen (secondary N) is 1. The summed E-state index contributed by atoms with van der Waals surface area (Å²) >= 11 is 1.45. The SMILES string of the molecule is Cc1ccc(-n2c(C)nnc2SCc2nc(C(=O)NCc3ccncc3)co2)cc1. The van der Waals surface area contributed by atoms with Gasteiger partial charge in [-0.25, -0.2) is 4.98 Å². The molecule has 30 heavy (non-hydrogen) atoms. The van der Waals surface area contributed by atoms with Crippen molar-refractivity contribution in [3.63, 3.8) is 0 Å². The molecule has 3 aromatic heterocycles. The van der Waals surface area contributed by atoms with Crippen LogP contribution in [0.5, 0.6) is 0 Å². The van der Waals surface area contributed by atoms with Gasteiger partial charge in [0.15, 0.2) is 10.9 Å². The molecule has 9 heteroatoms. The van der Waals surface area contributed by atoms with Crippen molar-refractivity contribution in [3.05, 3.63) is 83.6 Å². The highest BCUT2D eigenvalue weighted by Crippen LogP contribution is 2.25. The summed E-state index contributed by atoms with van der Waals surface area (Å²) in [6.07, 6.45) is 4.74. The number of pyridine rings is 1. The van der Waals surface area contributed by atoms with E-state index < -0.39 is 0 Å². The molecule has 0 aliphatic rings. The Bertz CT molecular complexity index is 1140. The number of oxazole rings is 1. The minimum atomic E-state index is -0.287. The summed E-state index contributed by atoms with van der Waals surface area (Å²) in [5.74, 6) is 1.39. The average molecular weight is 420 g/mol. The molecule has 0 saturated heterocycles. The van der Waals surface area contributed by atoms with Gasteiger partial charge in [0.25, 0.3) is 5.91 Å².